The van der Waals surface area contributed by atoms with Crippen LogP contribution in [0.1, 0.15) is 0 Å². The normalized spacial score (nSPS) is 14.9. The van der Waals surface area contributed by atoms with E-state index >= 15 is 0 Å². The highest BCUT2D eigenvalue weighted by molar-refractivity contribution is 5.77. The number of nitrogens with zero attached hydrogens (tertiary/aromatic N) is 1. The van der Waals surface area contributed by atoms with E-state index in [1.807, 2.05) is 0 Å². The number of aliphatic hydroxyl groups is 3. The van der Waals surface area contributed by atoms with Crippen LogP contribution in [-0.4, -0.2) is 76.6 Å². The average molecular weight is 326 g/mol. The lowest BCUT2D eigenvalue weighted by atomic mass is 10.3. The molecule has 0 rings (SSSR count). The van der Waals surface area contributed by atoms with Gasteiger partial charge >= 0.3 is 17.9 Å². The summed E-state index contributed by atoms with van der Waals surface area (Å²) in [5.41, 5.74) is 15.4. The summed E-state index contributed by atoms with van der Waals surface area (Å²) >= 11 is 0. The van der Waals surface area contributed by atoms with Crippen molar-refractivity contribution in [2.24, 2.45) is 17.2 Å². The third-order valence-corrected chi connectivity index (χ3v) is 1.99. The molecule has 22 heavy (non-hydrogen) atoms. The summed E-state index contributed by atoms with van der Waals surface area (Å²) in [4.78, 5) is 46.8. The van der Waals surface area contributed by atoms with Crippen LogP contribution in [0.25, 0.3) is 0 Å². The third-order valence-electron chi connectivity index (χ3n) is 1.99. The van der Waals surface area contributed by atoms with Crippen LogP contribution in [0, 0.1) is 0 Å². The molecule has 0 aliphatic heterocycles. The molecule has 0 saturated heterocycles. The highest BCUT2D eigenvalue weighted by atomic mass is 17.2. The molecule has 0 unspecified atom stereocenters. The standard InChI is InChI=1S/C9H18N4O9/c10-4(1-14)7(17)20-13(21-8(18)5(11)2-15)22-9(19)6(12)3-16/h4-6,14-16H,1-3,10-12H2/t4-,5-,6-/m0/s1. The van der Waals surface area contributed by atoms with Gasteiger partial charge in [0.1, 0.15) is 18.1 Å². The summed E-state index contributed by atoms with van der Waals surface area (Å²) < 4.78 is 0. The Morgan fingerprint density at radius 1 is 0.727 bits per heavy atom. The summed E-state index contributed by atoms with van der Waals surface area (Å²) in [7, 11) is 0. The first-order valence-electron chi connectivity index (χ1n) is 5.81. The lowest BCUT2D eigenvalue weighted by Gasteiger charge is -2.20. The second kappa shape index (κ2) is 9.96. The topological polar surface area (TPSA) is 221 Å². The maximum atomic E-state index is 11.3. The zero-order chi connectivity index (χ0) is 17.3. The van der Waals surface area contributed by atoms with E-state index in [-0.39, 0.29) is 5.39 Å². The largest absolute Gasteiger partial charge is 0.394 e. The van der Waals surface area contributed by atoms with E-state index in [0.29, 0.717) is 0 Å². The van der Waals surface area contributed by atoms with Gasteiger partial charge in [0, 0.05) is 0 Å². The Bertz CT molecular complexity index is 336. The van der Waals surface area contributed by atoms with Gasteiger partial charge in [-0.2, -0.15) is 0 Å². The van der Waals surface area contributed by atoms with Crippen LogP contribution in [0.3, 0.4) is 0 Å². The van der Waals surface area contributed by atoms with Gasteiger partial charge in [-0.1, -0.05) is 0 Å². The molecular formula is C9H18N4O9. The molecule has 3 atom stereocenters. The molecule has 13 nitrogen and oxygen atoms in total. The first-order chi connectivity index (χ1) is 10.3. The molecule has 128 valence electrons. The minimum atomic E-state index is -1.52. The number of aliphatic hydroxyl groups excluding tert-OH is 3. The Morgan fingerprint density at radius 3 is 1.14 bits per heavy atom. The van der Waals surface area contributed by atoms with Crippen molar-refractivity contribution < 1.29 is 44.2 Å². The van der Waals surface area contributed by atoms with E-state index in [1.54, 1.807) is 0 Å². The van der Waals surface area contributed by atoms with Crippen LogP contribution in [0.5, 0.6) is 0 Å². The van der Waals surface area contributed by atoms with Crippen LogP contribution in [0.15, 0.2) is 0 Å². The molecule has 0 radical (unpaired) electrons. The summed E-state index contributed by atoms with van der Waals surface area (Å²) in [6.07, 6.45) is 0. The second-order valence-corrected chi connectivity index (χ2v) is 3.82. The minimum Gasteiger partial charge on any atom is -0.394 e. The summed E-state index contributed by atoms with van der Waals surface area (Å²) in [5.74, 6) is -3.96. The highest BCUT2D eigenvalue weighted by Gasteiger charge is 2.29. The van der Waals surface area contributed by atoms with E-state index in [4.69, 9.17) is 32.5 Å². The van der Waals surface area contributed by atoms with Crippen LogP contribution < -0.4 is 17.2 Å². The second-order valence-electron chi connectivity index (χ2n) is 3.82. The van der Waals surface area contributed by atoms with Crippen molar-refractivity contribution in [3.05, 3.63) is 0 Å². The molecule has 0 spiro atoms. The van der Waals surface area contributed by atoms with E-state index < -0.39 is 55.9 Å². The summed E-state index contributed by atoms with van der Waals surface area (Å²) in [6.45, 7) is -2.41. The number of carbonyl (C=O) groups is 3. The molecule has 0 aromatic heterocycles. The molecule has 0 saturated carbocycles. The van der Waals surface area contributed by atoms with Gasteiger partial charge < -0.3 is 32.5 Å². The lowest BCUT2D eigenvalue weighted by Crippen LogP contribution is -2.47. The molecule has 0 heterocycles. The Hall–Kier alpha value is -1.87. The molecule has 0 aromatic rings. The number of hydrogen-bond acceptors (Lipinski definition) is 13. The number of carbonyl (C=O) groups excluding carboxylic acids is 3. The first-order valence-corrected chi connectivity index (χ1v) is 5.81. The smallest absolute Gasteiger partial charge is 0.351 e. The maximum Gasteiger partial charge on any atom is 0.351 e. The molecule has 0 fully saturated rings. The van der Waals surface area contributed by atoms with Gasteiger partial charge in [0.15, 0.2) is 0 Å². The number of rotatable bonds is 9. The van der Waals surface area contributed by atoms with Crippen LogP contribution in [0.4, 0.5) is 0 Å². The fourth-order valence-electron chi connectivity index (χ4n) is 0.703. The fraction of sp³-hybridized carbons (Fsp3) is 0.667. The zero-order valence-corrected chi connectivity index (χ0v) is 11.3. The Balaban J connectivity index is 4.86. The molecule has 13 heteroatoms. The molecule has 0 aliphatic carbocycles. The van der Waals surface area contributed by atoms with Gasteiger partial charge in [-0.25, -0.2) is 14.4 Å². The van der Waals surface area contributed by atoms with Gasteiger partial charge in [0.25, 0.3) is 0 Å². The molecule has 0 aromatic carbocycles. The monoisotopic (exact) mass is 326 g/mol. The Kier molecular flexibility index (Phi) is 9.11. The van der Waals surface area contributed by atoms with Gasteiger partial charge in [-0.15, -0.1) is 0 Å². The van der Waals surface area contributed by atoms with E-state index in [9.17, 15) is 14.4 Å². The van der Waals surface area contributed by atoms with E-state index in [0.717, 1.165) is 0 Å². The quantitative estimate of drug-likeness (QED) is 0.218. The Labute approximate surface area is 124 Å². The predicted molar refractivity (Wildman–Crippen MR) is 65.3 cm³/mol. The third kappa shape index (κ3) is 6.72. The van der Waals surface area contributed by atoms with Crippen LogP contribution in [-0.2, 0) is 28.9 Å². The minimum absolute atomic E-state index is 0.340. The van der Waals surface area contributed by atoms with Crippen molar-refractivity contribution in [3.8, 4) is 0 Å². The van der Waals surface area contributed by atoms with Gasteiger partial charge in [0.2, 0.25) is 5.39 Å². The van der Waals surface area contributed by atoms with E-state index in [2.05, 4.69) is 14.5 Å². The molecule has 9 N–H and O–H groups in total. The van der Waals surface area contributed by atoms with E-state index in [1.165, 1.54) is 0 Å². The SMILES string of the molecule is N[C@@H](CO)C(=O)ON(OC(=O)[C@@H](N)CO)OC(=O)[C@@H](N)CO. The molecule has 0 bridgehead atoms. The first kappa shape index (κ1) is 20.1. The lowest BCUT2D eigenvalue weighted by molar-refractivity contribution is -0.465. The molecule has 0 amide bonds. The van der Waals surface area contributed by atoms with Crippen molar-refractivity contribution in [2.45, 2.75) is 18.1 Å². The van der Waals surface area contributed by atoms with Crippen molar-refractivity contribution in [2.75, 3.05) is 19.8 Å². The van der Waals surface area contributed by atoms with Crippen LogP contribution >= 0.6 is 0 Å². The van der Waals surface area contributed by atoms with Crippen molar-refractivity contribution in [3.63, 3.8) is 0 Å². The summed E-state index contributed by atoms with van der Waals surface area (Å²) in [5, 5.41) is 25.7. The Morgan fingerprint density at radius 2 is 0.955 bits per heavy atom. The van der Waals surface area contributed by atoms with Crippen LogP contribution in [0.2, 0.25) is 0 Å². The predicted octanol–water partition coefficient (Wildman–Crippen LogP) is -5.38. The van der Waals surface area contributed by atoms with Crippen molar-refractivity contribution >= 4 is 17.9 Å². The van der Waals surface area contributed by atoms with Gasteiger partial charge in [-0.3, -0.25) is 14.5 Å². The fourth-order valence-corrected chi connectivity index (χ4v) is 0.703. The van der Waals surface area contributed by atoms with Crippen molar-refractivity contribution in [1.29, 1.82) is 0 Å². The van der Waals surface area contributed by atoms with Gasteiger partial charge in [0.05, 0.1) is 19.8 Å². The summed E-state index contributed by atoms with van der Waals surface area (Å²) in [6, 6.07) is -4.55. The zero-order valence-electron chi connectivity index (χ0n) is 11.3. The highest BCUT2D eigenvalue weighted by Crippen LogP contribution is 2.01. The van der Waals surface area contributed by atoms with Gasteiger partial charge in [-0.05, 0) is 0 Å². The maximum absolute atomic E-state index is 11.3. The molecular weight excluding hydrogens is 308 g/mol. The van der Waals surface area contributed by atoms with Crippen molar-refractivity contribution in [1.82, 2.24) is 5.39 Å². The average Bonchev–Trinajstić information content (AvgIpc) is 2.51. The number of hydrogen-bond donors (Lipinski definition) is 6. The molecule has 0 aliphatic rings. The number of nitrogens with two attached hydrogens (primary N) is 3.